The van der Waals surface area contributed by atoms with E-state index in [0.29, 0.717) is 0 Å². The molecule has 0 aliphatic rings. The quantitative estimate of drug-likeness (QED) is 0.278. The second-order valence-electron chi connectivity index (χ2n) is 0.531. The van der Waals surface area contributed by atoms with Crippen molar-refractivity contribution >= 4 is 12.6 Å². The van der Waals surface area contributed by atoms with E-state index in [9.17, 15) is 0 Å². The molecule has 0 aliphatic carbocycles. The molecule has 1 heteroatoms. The van der Waals surface area contributed by atoms with Crippen LogP contribution in [0.15, 0.2) is 18.7 Å². The normalized spacial score (nSPS) is 9.00. The minimum atomic E-state index is 1.62. The zero-order valence-electron chi connectivity index (χ0n) is 2.81. The van der Waals surface area contributed by atoms with Gasteiger partial charge >= 0.3 is 0 Å². The van der Waals surface area contributed by atoms with Gasteiger partial charge in [-0.25, -0.2) is 17.6 Å². The van der Waals surface area contributed by atoms with Gasteiger partial charge in [0.15, 0.2) is 0 Å². The highest BCUT2D eigenvalue weighted by molar-refractivity contribution is 7.82. The van der Waals surface area contributed by atoms with E-state index in [1.807, 2.05) is 0 Å². The fourth-order valence-electron chi connectivity index (χ4n) is 0.0527. The van der Waals surface area contributed by atoms with Crippen molar-refractivity contribution in [1.82, 2.24) is 0 Å². The van der Waals surface area contributed by atoms with Gasteiger partial charge in [0.1, 0.15) is 0 Å². The van der Waals surface area contributed by atoms with Crippen molar-refractivity contribution in [2.75, 3.05) is 0 Å². The molecule has 0 nitrogen and oxygen atoms in total. The van der Waals surface area contributed by atoms with Crippen molar-refractivity contribution in [3.05, 3.63) is 24.1 Å². The Morgan fingerprint density at radius 2 is 2.40 bits per heavy atom. The molecule has 0 rings (SSSR count). The molecule has 0 aromatic carbocycles. The van der Waals surface area contributed by atoms with Crippen LogP contribution in [0.25, 0.3) is 0 Å². The molecule has 0 saturated heterocycles. The highest BCUT2D eigenvalue weighted by atomic mass is 32.1. The lowest BCUT2D eigenvalue weighted by Gasteiger charge is -1.71. The maximum absolute atomic E-state index is 3.62. The smallest absolute Gasteiger partial charge is 0.181 e. The van der Waals surface area contributed by atoms with E-state index in [-0.39, 0.29) is 0 Å². The summed E-state index contributed by atoms with van der Waals surface area (Å²) in [6.45, 7) is 3.38. The molecule has 0 heterocycles. The number of hydrogen-bond acceptors (Lipinski definition) is 1. The van der Waals surface area contributed by atoms with Gasteiger partial charge in [0, 0.05) is 0 Å². The fourth-order valence-corrected chi connectivity index (χ4v) is 0.158. The molecular formula is C4H5S-. The molecule has 0 amide bonds. The maximum Gasteiger partial charge on any atom is -0.181 e. The first-order chi connectivity index (χ1) is 2.41. The zero-order chi connectivity index (χ0) is 4.12. The largest absolute Gasteiger partial charge is 0.264 e. The van der Waals surface area contributed by atoms with Crippen molar-refractivity contribution in [1.29, 1.82) is 0 Å². The van der Waals surface area contributed by atoms with E-state index in [4.69, 9.17) is 0 Å². The molecule has 0 N–H and O–H groups in total. The average Bonchev–Trinajstić information content (AvgIpc) is 1.41. The monoisotopic (exact) mass is 85.0 g/mol. The van der Waals surface area contributed by atoms with Gasteiger partial charge in [0.2, 0.25) is 0 Å². The third-order valence-electron chi connectivity index (χ3n) is 0.192. The molecule has 0 atom stereocenters. The van der Waals surface area contributed by atoms with E-state index >= 15 is 0 Å². The van der Waals surface area contributed by atoms with Crippen LogP contribution in [0.5, 0.6) is 0 Å². The number of thiol groups is 1. The Hall–Kier alpha value is -0.170. The van der Waals surface area contributed by atoms with Gasteiger partial charge in [-0.15, -0.1) is 0 Å². The standard InChI is InChI=1S/C4H5S/c1-2-3-4-5/h2-3,5H,1H2/q-1. The van der Waals surface area contributed by atoms with E-state index in [2.05, 4.69) is 24.6 Å². The van der Waals surface area contributed by atoms with Crippen LogP contribution in [0.1, 0.15) is 0 Å². The highest BCUT2D eigenvalue weighted by Crippen LogP contribution is 1.71. The minimum Gasteiger partial charge on any atom is -0.264 e. The zero-order valence-corrected chi connectivity index (χ0v) is 3.70. The topological polar surface area (TPSA) is 0 Å². The van der Waals surface area contributed by atoms with Gasteiger partial charge in [0.25, 0.3) is 0 Å². The van der Waals surface area contributed by atoms with E-state index in [0.717, 1.165) is 0 Å². The lowest BCUT2D eigenvalue weighted by atomic mass is 10.6. The Bertz CT molecular complexity index is 45.6. The molecule has 0 radical (unpaired) electrons. The Kier molecular flexibility index (Phi) is 3.70. The minimum absolute atomic E-state index is 1.62. The third kappa shape index (κ3) is 3.83. The summed E-state index contributed by atoms with van der Waals surface area (Å²) in [7, 11) is 0. The molecule has 0 unspecified atom stereocenters. The van der Waals surface area contributed by atoms with Crippen LogP contribution in [-0.2, 0) is 0 Å². The van der Waals surface area contributed by atoms with Crippen LogP contribution in [0.2, 0.25) is 0 Å². The molecule has 0 bridgehead atoms. The summed E-state index contributed by atoms with van der Waals surface area (Å²) in [6.07, 6.45) is 3.25. The third-order valence-corrected chi connectivity index (χ3v) is 0.341. The summed E-state index contributed by atoms with van der Waals surface area (Å²) in [4.78, 5) is 0. The van der Waals surface area contributed by atoms with Crippen LogP contribution in [0.4, 0.5) is 0 Å². The molecule has 0 aromatic rings. The first-order valence-electron chi connectivity index (χ1n) is 1.25. The number of hydrogen-bond donors (Lipinski definition) is 1. The lowest BCUT2D eigenvalue weighted by Crippen LogP contribution is -1.31. The predicted octanol–water partition coefficient (Wildman–Crippen LogP) is 1.42. The van der Waals surface area contributed by atoms with Gasteiger partial charge in [0.05, 0.1) is 0 Å². The molecule has 0 spiro atoms. The van der Waals surface area contributed by atoms with Gasteiger partial charge in [-0.3, -0.25) is 12.6 Å². The van der Waals surface area contributed by atoms with Gasteiger partial charge in [-0.1, -0.05) is 0 Å². The average molecular weight is 85.2 g/mol. The van der Waals surface area contributed by atoms with Crippen LogP contribution >= 0.6 is 12.6 Å². The summed E-state index contributed by atoms with van der Waals surface area (Å²) in [5.41, 5.74) is 0. The molecule has 0 saturated carbocycles. The second kappa shape index (κ2) is 3.83. The summed E-state index contributed by atoms with van der Waals surface area (Å²) in [5, 5.41) is 2.47. The summed E-state index contributed by atoms with van der Waals surface area (Å²) >= 11 is 3.62. The van der Waals surface area contributed by atoms with Crippen molar-refractivity contribution in [3.63, 3.8) is 0 Å². The Balaban J connectivity index is 2.92. The molecule has 0 aliphatic heterocycles. The number of rotatable bonds is 1. The van der Waals surface area contributed by atoms with Crippen LogP contribution in [0, 0.1) is 5.41 Å². The second-order valence-corrected chi connectivity index (χ2v) is 0.790. The Morgan fingerprint density at radius 3 is 2.40 bits per heavy atom. The van der Waals surface area contributed by atoms with Gasteiger partial charge in [-0.2, -0.15) is 6.58 Å². The first kappa shape index (κ1) is 4.83. The first-order valence-corrected chi connectivity index (χ1v) is 1.70. The highest BCUT2D eigenvalue weighted by Gasteiger charge is 1.26. The molecule has 28 valence electrons. The van der Waals surface area contributed by atoms with Crippen molar-refractivity contribution in [2.45, 2.75) is 0 Å². The fraction of sp³-hybridized carbons (Fsp3) is 0. The van der Waals surface area contributed by atoms with Crippen molar-refractivity contribution in [3.8, 4) is 0 Å². The molecule has 0 fully saturated rings. The summed E-state index contributed by atoms with van der Waals surface area (Å²) in [6, 6.07) is 0. The van der Waals surface area contributed by atoms with Gasteiger partial charge < -0.3 is 0 Å². The lowest BCUT2D eigenvalue weighted by molar-refractivity contribution is 2.08. The Labute approximate surface area is 37.6 Å². The number of allylic oxidation sites excluding steroid dienone is 2. The van der Waals surface area contributed by atoms with Crippen LogP contribution in [0.3, 0.4) is 0 Å². The molecule has 5 heavy (non-hydrogen) atoms. The molecule has 0 aromatic heterocycles. The summed E-state index contributed by atoms with van der Waals surface area (Å²) < 4.78 is 0. The summed E-state index contributed by atoms with van der Waals surface area (Å²) in [5.74, 6) is 0. The predicted molar refractivity (Wildman–Crippen MR) is 27.0 cm³/mol. The van der Waals surface area contributed by atoms with E-state index in [1.54, 1.807) is 12.2 Å². The SMILES string of the molecule is C=CC=[C-]S. The van der Waals surface area contributed by atoms with Crippen molar-refractivity contribution in [2.24, 2.45) is 0 Å². The maximum atomic E-state index is 3.62. The molecular weight excluding hydrogens is 80.1 g/mol. The van der Waals surface area contributed by atoms with Gasteiger partial charge in [-0.05, 0) is 0 Å². The van der Waals surface area contributed by atoms with E-state index in [1.165, 1.54) is 0 Å². The van der Waals surface area contributed by atoms with Crippen LogP contribution in [-0.4, -0.2) is 0 Å². The Morgan fingerprint density at radius 1 is 1.80 bits per heavy atom. The van der Waals surface area contributed by atoms with Crippen molar-refractivity contribution < 1.29 is 0 Å². The van der Waals surface area contributed by atoms with E-state index < -0.39 is 0 Å². The van der Waals surface area contributed by atoms with Crippen LogP contribution < -0.4 is 0 Å².